The average molecular weight is 796 g/mol. The number of aliphatic hydroxyl groups excluding tert-OH is 14. The van der Waals surface area contributed by atoms with E-state index in [-0.39, 0.29) is 0 Å². The molecule has 0 bridgehead atoms. The van der Waals surface area contributed by atoms with Gasteiger partial charge in [-0.3, -0.25) is 0 Å². The standard InChI is InChI=1S/C30H53NO23/c1-6-12(35)16(39)19(42)28(46-6)52-23-11(31)27(53-24-15(38)9(4-33)48-26(45)21(24)44)50-10(5-34)22(23)51-30-25(18(41)14(37)8(3-32)49-30)54-29-20(43)17(40)13(36)7(2)47-29/h6-30,32-45H,3-5,31H2,1-2H3/t6?,7?,8?,9?,10?,11?,12-,13-,14+,15+,16?,17+,18+,19-,20?,21?,22-,23-,24+,25?,26?,27?,28+,29+,30+/m1/s1. The van der Waals surface area contributed by atoms with E-state index in [2.05, 4.69) is 0 Å². The first-order valence-electron chi connectivity index (χ1n) is 17.4. The van der Waals surface area contributed by atoms with Crippen molar-refractivity contribution >= 4 is 0 Å². The fourth-order valence-electron chi connectivity index (χ4n) is 6.94. The summed E-state index contributed by atoms with van der Waals surface area (Å²) in [5, 5.41) is 146. The Hall–Kier alpha value is -0.960. The molecule has 24 nitrogen and oxygen atoms in total. The minimum Gasteiger partial charge on any atom is -0.394 e. The summed E-state index contributed by atoms with van der Waals surface area (Å²) in [4.78, 5) is 0. The highest BCUT2D eigenvalue weighted by molar-refractivity contribution is 5.00. The molecule has 0 spiro atoms. The third kappa shape index (κ3) is 8.72. The van der Waals surface area contributed by atoms with Crippen LogP contribution in [0.5, 0.6) is 0 Å². The normalized spacial score (nSPS) is 54.7. The fourth-order valence-corrected chi connectivity index (χ4v) is 6.94. The smallest absolute Gasteiger partial charge is 0.187 e. The minimum atomic E-state index is -1.97. The van der Waals surface area contributed by atoms with Crippen molar-refractivity contribution in [1.29, 1.82) is 0 Å². The molecule has 316 valence electrons. The van der Waals surface area contributed by atoms with Crippen LogP contribution < -0.4 is 5.73 Å². The number of ether oxygens (including phenoxy) is 9. The molecule has 5 aliphatic heterocycles. The number of hydrogen-bond acceptors (Lipinski definition) is 24. The molecule has 5 rings (SSSR count). The van der Waals surface area contributed by atoms with Gasteiger partial charge in [0.1, 0.15) is 104 Å². The van der Waals surface area contributed by atoms with Crippen molar-refractivity contribution in [3.8, 4) is 0 Å². The van der Waals surface area contributed by atoms with Crippen molar-refractivity contribution < 1.29 is 114 Å². The lowest BCUT2D eigenvalue weighted by Gasteiger charge is -2.51. The number of nitrogens with two attached hydrogens (primary N) is 1. The molecule has 5 heterocycles. The third-order valence-corrected chi connectivity index (χ3v) is 10.3. The van der Waals surface area contributed by atoms with E-state index in [4.69, 9.17) is 48.4 Å². The number of aliphatic hydroxyl groups is 14. The zero-order chi connectivity index (χ0) is 39.9. The van der Waals surface area contributed by atoms with Crippen molar-refractivity contribution in [2.24, 2.45) is 5.73 Å². The van der Waals surface area contributed by atoms with Gasteiger partial charge in [-0.1, -0.05) is 0 Å². The molecule has 5 aliphatic rings. The van der Waals surface area contributed by atoms with Crippen LogP contribution in [0.15, 0.2) is 0 Å². The summed E-state index contributed by atoms with van der Waals surface area (Å²) >= 11 is 0. The van der Waals surface area contributed by atoms with Gasteiger partial charge in [-0.15, -0.1) is 0 Å². The largest absolute Gasteiger partial charge is 0.394 e. The molecule has 5 fully saturated rings. The van der Waals surface area contributed by atoms with Gasteiger partial charge in [-0.2, -0.15) is 0 Å². The maximum Gasteiger partial charge on any atom is 0.187 e. The van der Waals surface area contributed by atoms with Gasteiger partial charge in [0, 0.05) is 0 Å². The first kappa shape index (κ1) is 44.1. The molecule has 24 heteroatoms. The molecule has 25 atom stereocenters. The van der Waals surface area contributed by atoms with E-state index >= 15 is 0 Å². The summed E-state index contributed by atoms with van der Waals surface area (Å²) in [6, 6.07) is -1.65. The Kier molecular flexibility index (Phi) is 15.0. The van der Waals surface area contributed by atoms with Gasteiger partial charge in [-0.05, 0) is 13.8 Å². The second-order valence-corrected chi connectivity index (χ2v) is 14.0. The van der Waals surface area contributed by atoms with Crippen molar-refractivity contribution in [2.45, 2.75) is 167 Å². The molecule has 0 radical (unpaired) electrons. The summed E-state index contributed by atoms with van der Waals surface area (Å²) in [6.07, 6.45) is -41.1. The van der Waals surface area contributed by atoms with E-state index in [1.165, 1.54) is 13.8 Å². The average Bonchev–Trinajstić information content (AvgIpc) is 3.15. The van der Waals surface area contributed by atoms with Gasteiger partial charge in [0.05, 0.1) is 38.1 Å². The highest BCUT2D eigenvalue weighted by atomic mass is 16.8. The van der Waals surface area contributed by atoms with Crippen LogP contribution in [0.3, 0.4) is 0 Å². The van der Waals surface area contributed by atoms with Crippen LogP contribution in [0.1, 0.15) is 13.8 Å². The van der Waals surface area contributed by atoms with Crippen molar-refractivity contribution in [2.75, 3.05) is 19.8 Å². The van der Waals surface area contributed by atoms with E-state index in [0.717, 1.165) is 0 Å². The Morgan fingerprint density at radius 1 is 0.389 bits per heavy atom. The van der Waals surface area contributed by atoms with Crippen LogP contribution in [-0.2, 0) is 42.6 Å². The zero-order valence-electron chi connectivity index (χ0n) is 29.1. The summed E-state index contributed by atoms with van der Waals surface area (Å²) in [6.45, 7) is 0.0525. The van der Waals surface area contributed by atoms with Gasteiger partial charge in [-0.25, -0.2) is 0 Å². The lowest BCUT2D eigenvalue weighted by atomic mass is 9.94. The molecule has 5 saturated heterocycles. The summed E-state index contributed by atoms with van der Waals surface area (Å²) in [5.41, 5.74) is 6.56. The first-order valence-corrected chi connectivity index (χ1v) is 17.4. The van der Waals surface area contributed by atoms with Crippen LogP contribution in [0.4, 0.5) is 0 Å². The predicted molar refractivity (Wildman–Crippen MR) is 166 cm³/mol. The van der Waals surface area contributed by atoms with Gasteiger partial charge in [0.15, 0.2) is 31.5 Å². The highest BCUT2D eigenvalue weighted by Gasteiger charge is 2.57. The summed E-state index contributed by atoms with van der Waals surface area (Å²) in [5.74, 6) is 0. The lowest BCUT2D eigenvalue weighted by molar-refractivity contribution is -0.397. The molecule has 0 aromatic heterocycles. The molecular formula is C30H53NO23. The van der Waals surface area contributed by atoms with Gasteiger partial charge < -0.3 is 120 Å². The maximum atomic E-state index is 11.1. The van der Waals surface area contributed by atoms with Crippen molar-refractivity contribution in [1.82, 2.24) is 0 Å². The van der Waals surface area contributed by atoms with Crippen molar-refractivity contribution in [3.05, 3.63) is 0 Å². The van der Waals surface area contributed by atoms with E-state index in [9.17, 15) is 71.5 Å². The second kappa shape index (κ2) is 18.3. The minimum absolute atomic E-state index is 0.812. The highest BCUT2D eigenvalue weighted by Crippen LogP contribution is 2.36. The lowest BCUT2D eigenvalue weighted by Crippen LogP contribution is -2.70. The Bertz CT molecular complexity index is 1180. The molecule has 16 N–H and O–H groups in total. The number of rotatable bonds is 11. The maximum absolute atomic E-state index is 11.1. The Labute approximate surface area is 307 Å². The molecule has 0 amide bonds. The Morgan fingerprint density at radius 3 is 1.35 bits per heavy atom. The topological polar surface area (TPSA) is 392 Å². The zero-order valence-corrected chi connectivity index (χ0v) is 29.1. The molecule has 0 aliphatic carbocycles. The first-order chi connectivity index (χ1) is 25.4. The number of hydrogen-bond donors (Lipinski definition) is 15. The van der Waals surface area contributed by atoms with Crippen LogP contribution >= 0.6 is 0 Å². The Balaban J connectivity index is 1.47. The van der Waals surface area contributed by atoms with Crippen LogP contribution in [0, 0.1) is 0 Å². The second-order valence-electron chi connectivity index (χ2n) is 14.0. The van der Waals surface area contributed by atoms with E-state index in [0.29, 0.717) is 0 Å². The fraction of sp³-hybridized carbons (Fsp3) is 1.00. The van der Waals surface area contributed by atoms with Gasteiger partial charge in [0.25, 0.3) is 0 Å². The van der Waals surface area contributed by atoms with E-state index in [1.54, 1.807) is 0 Å². The molecular weight excluding hydrogens is 742 g/mol. The van der Waals surface area contributed by atoms with Crippen LogP contribution in [0.2, 0.25) is 0 Å². The summed E-state index contributed by atoms with van der Waals surface area (Å²) < 4.78 is 51.4. The summed E-state index contributed by atoms with van der Waals surface area (Å²) in [7, 11) is 0. The molecule has 0 aromatic rings. The van der Waals surface area contributed by atoms with Crippen molar-refractivity contribution in [3.63, 3.8) is 0 Å². The molecule has 0 saturated carbocycles. The quantitative estimate of drug-likeness (QED) is 0.0923. The third-order valence-electron chi connectivity index (χ3n) is 10.3. The van der Waals surface area contributed by atoms with Crippen LogP contribution in [-0.4, -0.2) is 245 Å². The van der Waals surface area contributed by atoms with Gasteiger partial charge >= 0.3 is 0 Å². The molecule has 12 unspecified atom stereocenters. The Morgan fingerprint density at radius 2 is 0.833 bits per heavy atom. The van der Waals surface area contributed by atoms with E-state index < -0.39 is 173 Å². The van der Waals surface area contributed by atoms with Crippen LogP contribution in [0.25, 0.3) is 0 Å². The monoisotopic (exact) mass is 795 g/mol. The van der Waals surface area contributed by atoms with Gasteiger partial charge in [0.2, 0.25) is 0 Å². The molecule has 54 heavy (non-hydrogen) atoms. The van der Waals surface area contributed by atoms with E-state index in [1.807, 2.05) is 0 Å². The SMILES string of the molecule is CC1O[C@@H](O[C@@H]2C(N)C(O[C@@H]3C(O)C(O)OC(CO)[C@@H]3O)OC(CO)[C@H]2O[C@@H]2OC(CO)[C@H](O)[C@H](O)C2O[C@@H]2OC(C)[C@@H](O)[C@H](O)C2O)[C@H](O)C(O)[C@@H]1O. The molecule has 0 aromatic carbocycles. The predicted octanol–water partition coefficient (Wildman–Crippen LogP) is -9.90.